The summed E-state index contributed by atoms with van der Waals surface area (Å²) >= 11 is 0. The lowest BCUT2D eigenvalue weighted by Crippen LogP contribution is -2.44. The van der Waals surface area contributed by atoms with Crippen LogP contribution in [0.3, 0.4) is 0 Å². The van der Waals surface area contributed by atoms with Crippen LogP contribution < -0.4 is 4.74 Å². The van der Waals surface area contributed by atoms with Crippen molar-refractivity contribution in [1.82, 2.24) is 4.90 Å². The second-order valence-corrected chi connectivity index (χ2v) is 6.03. The lowest BCUT2D eigenvalue weighted by molar-refractivity contribution is -0.00413. The fourth-order valence-electron chi connectivity index (χ4n) is 3.21. The first-order valence-corrected chi connectivity index (χ1v) is 8.36. The standard InChI is InChI=1S/C18H29NO3/c1-3-16-9-6-7-11-19(16)12-17(20)14-22-13-15-8-4-5-10-18(15)21-2/h4-5,8,10,16-17,20H,3,6-7,9,11-14H2,1-2H3. The molecule has 4 nitrogen and oxygen atoms in total. The number of hydrogen-bond donors (Lipinski definition) is 1. The van der Waals surface area contributed by atoms with Crippen molar-refractivity contribution in [3.63, 3.8) is 0 Å². The Morgan fingerprint density at radius 1 is 1.32 bits per heavy atom. The molecule has 1 fully saturated rings. The van der Waals surface area contributed by atoms with Gasteiger partial charge >= 0.3 is 0 Å². The molecule has 4 heteroatoms. The molecule has 0 radical (unpaired) electrons. The maximum Gasteiger partial charge on any atom is 0.124 e. The Kier molecular flexibility index (Phi) is 7.16. The van der Waals surface area contributed by atoms with Gasteiger partial charge in [-0.2, -0.15) is 0 Å². The summed E-state index contributed by atoms with van der Waals surface area (Å²) in [6.07, 6.45) is 4.54. The number of piperidine rings is 1. The number of para-hydroxylation sites is 1. The first-order valence-electron chi connectivity index (χ1n) is 8.36. The molecule has 0 aromatic heterocycles. The summed E-state index contributed by atoms with van der Waals surface area (Å²) in [6, 6.07) is 8.45. The molecule has 22 heavy (non-hydrogen) atoms. The van der Waals surface area contributed by atoms with E-state index in [4.69, 9.17) is 9.47 Å². The van der Waals surface area contributed by atoms with Gasteiger partial charge in [-0.1, -0.05) is 31.5 Å². The maximum atomic E-state index is 10.2. The van der Waals surface area contributed by atoms with E-state index in [0.29, 0.717) is 25.8 Å². The van der Waals surface area contributed by atoms with E-state index in [-0.39, 0.29) is 0 Å². The highest BCUT2D eigenvalue weighted by Crippen LogP contribution is 2.20. The molecule has 1 saturated heterocycles. The van der Waals surface area contributed by atoms with Gasteiger partial charge in [-0.05, 0) is 31.9 Å². The van der Waals surface area contributed by atoms with E-state index in [0.717, 1.165) is 24.3 Å². The Labute approximate surface area is 134 Å². The number of likely N-dealkylation sites (tertiary alicyclic amines) is 1. The molecule has 1 aliphatic heterocycles. The summed E-state index contributed by atoms with van der Waals surface area (Å²) in [7, 11) is 1.66. The van der Waals surface area contributed by atoms with Crippen LogP contribution in [0.15, 0.2) is 24.3 Å². The van der Waals surface area contributed by atoms with Crippen LogP contribution in [0.1, 0.15) is 38.2 Å². The van der Waals surface area contributed by atoms with Gasteiger partial charge in [0, 0.05) is 18.2 Å². The van der Waals surface area contributed by atoms with Gasteiger partial charge < -0.3 is 14.6 Å². The molecule has 1 aromatic carbocycles. The Bertz CT molecular complexity index is 438. The predicted molar refractivity (Wildman–Crippen MR) is 88.2 cm³/mol. The third kappa shape index (κ3) is 4.97. The molecule has 1 heterocycles. The molecule has 124 valence electrons. The number of ether oxygens (including phenoxy) is 2. The van der Waals surface area contributed by atoms with Crippen molar-refractivity contribution in [1.29, 1.82) is 0 Å². The average Bonchev–Trinajstić information content (AvgIpc) is 2.55. The molecule has 0 bridgehead atoms. The number of nitrogens with zero attached hydrogens (tertiary/aromatic N) is 1. The molecule has 1 aliphatic rings. The first kappa shape index (κ1) is 17.3. The molecule has 0 aliphatic carbocycles. The largest absolute Gasteiger partial charge is 0.496 e. The second kappa shape index (κ2) is 9.13. The Hall–Kier alpha value is -1.10. The molecule has 0 spiro atoms. The Morgan fingerprint density at radius 2 is 2.14 bits per heavy atom. The van der Waals surface area contributed by atoms with Gasteiger partial charge in [0.2, 0.25) is 0 Å². The highest BCUT2D eigenvalue weighted by Gasteiger charge is 2.22. The highest BCUT2D eigenvalue weighted by molar-refractivity contribution is 5.32. The SMILES string of the molecule is CCC1CCCCN1CC(O)COCc1ccccc1OC. The van der Waals surface area contributed by atoms with Gasteiger partial charge in [0.05, 0.1) is 26.4 Å². The van der Waals surface area contributed by atoms with Gasteiger partial charge in [0.25, 0.3) is 0 Å². The summed E-state index contributed by atoms with van der Waals surface area (Å²) < 4.78 is 11.0. The first-order chi connectivity index (χ1) is 10.7. The fourth-order valence-corrected chi connectivity index (χ4v) is 3.21. The van der Waals surface area contributed by atoms with Crippen LogP contribution in [0.25, 0.3) is 0 Å². The minimum atomic E-state index is -0.429. The minimum absolute atomic E-state index is 0.366. The Balaban J connectivity index is 1.74. The van der Waals surface area contributed by atoms with Crippen molar-refractivity contribution >= 4 is 0 Å². The summed E-state index contributed by atoms with van der Waals surface area (Å²) in [6.45, 7) is 4.88. The zero-order valence-corrected chi connectivity index (χ0v) is 13.8. The number of benzene rings is 1. The lowest BCUT2D eigenvalue weighted by Gasteiger charge is -2.36. The summed E-state index contributed by atoms with van der Waals surface area (Å²) in [5.41, 5.74) is 1.02. The number of methoxy groups -OCH3 is 1. The zero-order chi connectivity index (χ0) is 15.8. The second-order valence-electron chi connectivity index (χ2n) is 6.03. The van der Waals surface area contributed by atoms with Crippen molar-refractivity contribution in [3.05, 3.63) is 29.8 Å². The number of rotatable bonds is 8. The maximum absolute atomic E-state index is 10.2. The van der Waals surface area contributed by atoms with Crippen molar-refractivity contribution < 1.29 is 14.6 Å². The van der Waals surface area contributed by atoms with Crippen molar-refractivity contribution in [2.75, 3.05) is 26.8 Å². The minimum Gasteiger partial charge on any atom is -0.496 e. The molecule has 1 aromatic rings. The van der Waals surface area contributed by atoms with Crippen molar-refractivity contribution in [3.8, 4) is 5.75 Å². The average molecular weight is 307 g/mol. The smallest absolute Gasteiger partial charge is 0.124 e. The molecule has 1 N–H and O–H groups in total. The van der Waals surface area contributed by atoms with Gasteiger partial charge in [-0.15, -0.1) is 0 Å². The fraction of sp³-hybridized carbons (Fsp3) is 0.667. The Morgan fingerprint density at radius 3 is 2.91 bits per heavy atom. The summed E-state index contributed by atoms with van der Waals surface area (Å²) in [4.78, 5) is 2.42. The summed E-state index contributed by atoms with van der Waals surface area (Å²) in [5, 5.41) is 10.2. The predicted octanol–water partition coefficient (Wildman–Crippen LogP) is 2.84. The van der Waals surface area contributed by atoms with Crippen LogP contribution in [0, 0.1) is 0 Å². The van der Waals surface area contributed by atoms with E-state index in [1.54, 1.807) is 7.11 Å². The molecule has 2 rings (SSSR count). The van der Waals surface area contributed by atoms with E-state index in [2.05, 4.69) is 11.8 Å². The molecule has 2 atom stereocenters. The van der Waals surface area contributed by atoms with E-state index in [9.17, 15) is 5.11 Å². The zero-order valence-electron chi connectivity index (χ0n) is 13.8. The number of aliphatic hydroxyl groups excluding tert-OH is 1. The van der Waals surface area contributed by atoms with Gasteiger partial charge in [-0.3, -0.25) is 4.90 Å². The third-order valence-corrected chi connectivity index (χ3v) is 4.43. The van der Waals surface area contributed by atoms with E-state index in [1.807, 2.05) is 24.3 Å². The van der Waals surface area contributed by atoms with Crippen LogP contribution in [0.5, 0.6) is 5.75 Å². The van der Waals surface area contributed by atoms with Crippen LogP contribution in [-0.4, -0.2) is 49.0 Å². The van der Waals surface area contributed by atoms with E-state index >= 15 is 0 Å². The normalized spacial score (nSPS) is 20.8. The third-order valence-electron chi connectivity index (χ3n) is 4.43. The van der Waals surface area contributed by atoms with Crippen LogP contribution >= 0.6 is 0 Å². The van der Waals surface area contributed by atoms with E-state index < -0.39 is 6.10 Å². The van der Waals surface area contributed by atoms with Crippen molar-refractivity contribution in [2.24, 2.45) is 0 Å². The lowest BCUT2D eigenvalue weighted by atomic mass is 10.00. The number of hydrogen-bond acceptors (Lipinski definition) is 4. The monoisotopic (exact) mass is 307 g/mol. The van der Waals surface area contributed by atoms with Crippen LogP contribution in [0.2, 0.25) is 0 Å². The van der Waals surface area contributed by atoms with Crippen molar-refractivity contribution in [2.45, 2.75) is 51.4 Å². The summed E-state index contributed by atoms with van der Waals surface area (Å²) in [5.74, 6) is 0.832. The molecule has 0 saturated carbocycles. The highest BCUT2D eigenvalue weighted by atomic mass is 16.5. The molecule has 0 amide bonds. The number of aliphatic hydroxyl groups is 1. The van der Waals surface area contributed by atoms with Gasteiger partial charge in [0.15, 0.2) is 0 Å². The van der Waals surface area contributed by atoms with Crippen LogP contribution in [0.4, 0.5) is 0 Å². The van der Waals surface area contributed by atoms with Gasteiger partial charge in [-0.25, -0.2) is 0 Å². The van der Waals surface area contributed by atoms with Crippen LogP contribution in [-0.2, 0) is 11.3 Å². The number of β-amino-alcohol motifs (C(OH)–C–C–N with tert-alkyl or cyclic N) is 1. The molecular weight excluding hydrogens is 278 g/mol. The van der Waals surface area contributed by atoms with E-state index in [1.165, 1.54) is 19.3 Å². The quantitative estimate of drug-likeness (QED) is 0.802. The van der Waals surface area contributed by atoms with Gasteiger partial charge in [0.1, 0.15) is 5.75 Å². The molecular formula is C18H29NO3. The molecule has 2 unspecified atom stereocenters. The topological polar surface area (TPSA) is 41.9 Å².